The average molecular weight is 558 g/mol. The lowest BCUT2D eigenvalue weighted by Crippen LogP contribution is -2.56. The molecule has 0 aliphatic heterocycles. The predicted molar refractivity (Wildman–Crippen MR) is 169 cm³/mol. The number of hydrogen-bond donors (Lipinski definition) is 3. The lowest BCUT2D eigenvalue weighted by molar-refractivity contribution is -0.142. The normalized spacial score (nSPS) is 30.9. The lowest BCUT2D eigenvalue weighted by Gasteiger charge is -2.60. The summed E-state index contributed by atoms with van der Waals surface area (Å²) in [5.41, 5.74) is 10.2. The zero-order chi connectivity index (χ0) is 29.7. The summed E-state index contributed by atoms with van der Waals surface area (Å²) >= 11 is 0. The molecule has 4 heteroatoms. The predicted octanol–water partition coefficient (Wildman–Crippen LogP) is 8.83. The van der Waals surface area contributed by atoms with Crippen LogP contribution in [0.1, 0.15) is 115 Å². The number of allylic oxidation sites excluding steroid dienone is 5. The molecule has 41 heavy (non-hydrogen) atoms. The summed E-state index contributed by atoms with van der Waals surface area (Å²) in [5.74, 6) is 0.698. The summed E-state index contributed by atoms with van der Waals surface area (Å²) in [6.45, 7) is 15.2. The third-order valence-electron chi connectivity index (χ3n) is 11.3. The Morgan fingerprint density at radius 3 is 2.27 bits per heavy atom. The molecule has 0 bridgehead atoms. The van der Waals surface area contributed by atoms with E-state index >= 15 is 0 Å². The molecule has 1 aromatic carbocycles. The van der Waals surface area contributed by atoms with Crippen molar-refractivity contribution in [3.8, 4) is 0 Å². The monoisotopic (exact) mass is 557 g/mol. The van der Waals surface area contributed by atoms with Crippen molar-refractivity contribution in [3.63, 3.8) is 0 Å². The molecule has 0 spiro atoms. The second kappa shape index (κ2) is 11.2. The fourth-order valence-electron chi connectivity index (χ4n) is 9.03. The van der Waals surface area contributed by atoms with Gasteiger partial charge >= 0.3 is 5.97 Å². The van der Waals surface area contributed by atoms with Gasteiger partial charge in [0.05, 0.1) is 6.10 Å². The Balaban J connectivity index is 1.52. The van der Waals surface area contributed by atoms with Crippen molar-refractivity contribution in [2.75, 3.05) is 0 Å². The molecule has 4 nitrogen and oxygen atoms in total. The van der Waals surface area contributed by atoms with Crippen molar-refractivity contribution < 1.29 is 15.0 Å². The molecule has 1 heterocycles. The van der Waals surface area contributed by atoms with Gasteiger partial charge in [0, 0.05) is 28.1 Å². The molecule has 0 amide bonds. The highest BCUT2D eigenvalue weighted by Gasteiger charge is 2.60. The van der Waals surface area contributed by atoms with Crippen LogP contribution in [-0.4, -0.2) is 27.3 Å². The Kier molecular flexibility index (Phi) is 8.20. The molecule has 2 aromatic rings. The van der Waals surface area contributed by atoms with E-state index in [1.54, 1.807) is 6.92 Å². The van der Waals surface area contributed by atoms with Crippen LogP contribution in [0.25, 0.3) is 10.9 Å². The van der Waals surface area contributed by atoms with E-state index in [1.807, 2.05) is 6.08 Å². The molecule has 6 atom stereocenters. The van der Waals surface area contributed by atoms with Gasteiger partial charge in [-0.1, -0.05) is 43.2 Å². The molecule has 3 aliphatic rings. The second-order valence-electron chi connectivity index (χ2n) is 14.5. The van der Waals surface area contributed by atoms with Crippen molar-refractivity contribution in [1.29, 1.82) is 0 Å². The summed E-state index contributed by atoms with van der Waals surface area (Å²) in [4.78, 5) is 15.4. The summed E-state index contributed by atoms with van der Waals surface area (Å²) in [7, 11) is 0. The van der Waals surface area contributed by atoms with Gasteiger partial charge in [-0.25, -0.2) is 4.79 Å². The smallest absolute Gasteiger partial charge is 0.330 e. The van der Waals surface area contributed by atoms with Crippen LogP contribution in [0.5, 0.6) is 0 Å². The molecule has 3 N–H and O–H groups in total. The quantitative estimate of drug-likeness (QED) is 0.224. The van der Waals surface area contributed by atoms with Gasteiger partial charge in [0.15, 0.2) is 0 Å². The van der Waals surface area contributed by atoms with Crippen LogP contribution in [0, 0.1) is 22.7 Å². The number of aromatic nitrogens is 1. The van der Waals surface area contributed by atoms with Crippen LogP contribution < -0.4 is 0 Å². The summed E-state index contributed by atoms with van der Waals surface area (Å²) in [5, 5.41) is 22.1. The summed E-state index contributed by atoms with van der Waals surface area (Å²) in [6.07, 6.45) is 15.0. The fraction of sp³-hybridized carbons (Fsp3) is 0.595. The topological polar surface area (TPSA) is 73.3 Å². The number of aliphatic hydroxyl groups is 1. The van der Waals surface area contributed by atoms with E-state index in [9.17, 15) is 15.0 Å². The van der Waals surface area contributed by atoms with Gasteiger partial charge in [0.25, 0.3) is 0 Å². The highest BCUT2D eigenvalue weighted by molar-refractivity contribution is 5.87. The van der Waals surface area contributed by atoms with E-state index in [4.69, 9.17) is 0 Å². The van der Waals surface area contributed by atoms with E-state index in [2.05, 4.69) is 70.8 Å². The Morgan fingerprint density at radius 1 is 0.976 bits per heavy atom. The zero-order valence-electron chi connectivity index (χ0n) is 26.4. The van der Waals surface area contributed by atoms with Crippen LogP contribution in [0.4, 0.5) is 0 Å². The van der Waals surface area contributed by atoms with E-state index in [0.29, 0.717) is 29.7 Å². The Morgan fingerprint density at radius 2 is 1.63 bits per heavy atom. The van der Waals surface area contributed by atoms with E-state index in [0.717, 1.165) is 44.9 Å². The lowest BCUT2D eigenvalue weighted by atomic mass is 9.45. The third kappa shape index (κ3) is 5.38. The number of H-pyrrole nitrogens is 1. The van der Waals surface area contributed by atoms with Crippen molar-refractivity contribution in [3.05, 3.63) is 69.5 Å². The first kappa shape index (κ1) is 29.9. The maximum atomic E-state index is 11.4. The molecule has 1 aromatic heterocycles. The maximum Gasteiger partial charge on any atom is 0.330 e. The molecular weight excluding hydrogens is 506 g/mol. The van der Waals surface area contributed by atoms with Gasteiger partial charge in [-0.05, 0) is 144 Å². The molecule has 0 unspecified atom stereocenters. The van der Waals surface area contributed by atoms with E-state index in [-0.39, 0.29) is 16.9 Å². The van der Waals surface area contributed by atoms with Crippen LogP contribution in [0.3, 0.4) is 0 Å². The fourth-order valence-corrected chi connectivity index (χ4v) is 9.03. The zero-order valence-corrected chi connectivity index (χ0v) is 26.4. The number of carboxylic acids is 1. The Hall–Kier alpha value is -2.59. The second-order valence-corrected chi connectivity index (χ2v) is 14.5. The molecule has 2 fully saturated rings. The average Bonchev–Trinajstić information content (AvgIpc) is 3.44. The van der Waals surface area contributed by atoms with Gasteiger partial charge in [-0.15, -0.1) is 0 Å². The first-order valence-corrected chi connectivity index (χ1v) is 15.9. The number of carboxylic acid groups (broad SMARTS) is 1. The summed E-state index contributed by atoms with van der Waals surface area (Å²) in [6, 6.07) is 4.91. The van der Waals surface area contributed by atoms with Crippen molar-refractivity contribution in [2.24, 2.45) is 22.7 Å². The van der Waals surface area contributed by atoms with Crippen LogP contribution in [0.15, 0.2) is 47.1 Å². The molecular formula is C37H51NO3. The maximum absolute atomic E-state index is 11.4. The highest BCUT2D eigenvalue weighted by Crippen LogP contribution is 2.67. The van der Waals surface area contributed by atoms with Gasteiger partial charge in [-0.2, -0.15) is 0 Å². The minimum atomic E-state index is -0.852. The number of rotatable bonds is 8. The number of aliphatic hydroxyl groups excluding tert-OH is 1. The van der Waals surface area contributed by atoms with Crippen molar-refractivity contribution in [1.82, 2.24) is 4.98 Å². The van der Waals surface area contributed by atoms with Crippen molar-refractivity contribution in [2.45, 2.75) is 118 Å². The molecule has 0 radical (unpaired) electrons. The Bertz CT molecular complexity index is 1420. The number of benzene rings is 1. The minimum absolute atomic E-state index is 0.115. The Labute approximate surface area is 247 Å². The highest BCUT2D eigenvalue weighted by atomic mass is 16.4. The van der Waals surface area contributed by atoms with Crippen LogP contribution in [-0.2, 0) is 24.1 Å². The number of aromatic amines is 1. The molecule has 3 aliphatic carbocycles. The van der Waals surface area contributed by atoms with Gasteiger partial charge < -0.3 is 15.2 Å². The van der Waals surface area contributed by atoms with Crippen molar-refractivity contribution >= 4 is 16.9 Å². The number of hydrogen-bond acceptors (Lipinski definition) is 2. The number of nitrogens with one attached hydrogen (secondary N) is 1. The third-order valence-corrected chi connectivity index (χ3v) is 11.3. The molecule has 2 saturated carbocycles. The largest absolute Gasteiger partial charge is 0.478 e. The SMILES string of the molecule is CC(C)=CCc1cc2[nH]c3c(c2cc1CC=C(C)C)C[C@@H]1CC[C@H]2[C@](C)(CC/C=C(\C)C(=O)O)[C@@H](O)CC[C@]2(C)[C@@H]31. The number of fused-ring (bicyclic) bond motifs is 7. The van der Waals surface area contributed by atoms with Crippen LogP contribution in [0.2, 0.25) is 0 Å². The first-order chi connectivity index (χ1) is 19.3. The first-order valence-electron chi connectivity index (χ1n) is 15.9. The summed E-state index contributed by atoms with van der Waals surface area (Å²) < 4.78 is 0. The van der Waals surface area contributed by atoms with Crippen LogP contribution >= 0.6 is 0 Å². The minimum Gasteiger partial charge on any atom is -0.478 e. The molecule has 222 valence electrons. The molecule has 0 saturated heterocycles. The van der Waals surface area contributed by atoms with E-state index < -0.39 is 5.97 Å². The number of carbonyl (C=O) groups is 1. The van der Waals surface area contributed by atoms with Gasteiger partial charge in [0.2, 0.25) is 0 Å². The molecule has 5 rings (SSSR count). The van der Waals surface area contributed by atoms with Gasteiger partial charge in [-0.3, -0.25) is 0 Å². The van der Waals surface area contributed by atoms with Gasteiger partial charge in [0.1, 0.15) is 0 Å². The number of aliphatic carboxylic acids is 1. The standard InChI is InChI=1S/C37H51NO3/c1-22(2)10-12-25-19-28-29-20-27-14-15-31-36(6,17-8-9-24(5)35(40)41)32(39)16-18-37(31,7)33(27)34(29)38-30(28)21-26(25)13-11-23(3)4/h9-11,19,21,27,31-33,38-39H,8,12-18,20H2,1-7H3,(H,40,41)/b24-9+/t27-,31-,32-,33+,36-,37-/m0/s1. The van der Waals surface area contributed by atoms with E-state index in [1.165, 1.54) is 50.9 Å².